The first-order chi connectivity index (χ1) is 15.0. The minimum absolute atomic E-state index is 0. The summed E-state index contributed by atoms with van der Waals surface area (Å²) in [5, 5.41) is 17.3. The molecule has 0 aromatic heterocycles. The van der Waals surface area contributed by atoms with Crippen molar-refractivity contribution in [1.82, 2.24) is 0 Å². The lowest BCUT2D eigenvalue weighted by atomic mass is 10.3. The second-order valence-corrected chi connectivity index (χ2v) is 6.09. The molecule has 2 aromatic carbocycles. The highest BCUT2D eigenvalue weighted by molar-refractivity contribution is 5.19. The molecule has 200 valence electrons. The molecule has 2 heteroatoms. The maximum atomic E-state index is 8.63. The molecule has 0 atom stereocenters. The Hall–Kier alpha value is -1.96. The van der Waals surface area contributed by atoms with Crippen molar-refractivity contribution in [2.45, 2.75) is 129 Å². The zero-order chi connectivity index (χ0) is 25.2. The predicted molar refractivity (Wildman–Crippen MR) is 159 cm³/mol. The molecule has 0 aliphatic carbocycles. The van der Waals surface area contributed by atoms with Crippen molar-refractivity contribution in [2.24, 2.45) is 0 Å². The van der Waals surface area contributed by atoms with Crippen molar-refractivity contribution in [3.63, 3.8) is 0 Å². The van der Waals surface area contributed by atoms with Gasteiger partial charge in [0.2, 0.25) is 0 Å². The lowest BCUT2D eigenvalue weighted by Gasteiger charge is -1.82. The van der Waals surface area contributed by atoms with Crippen LogP contribution in [0, 0.1) is 0 Å². The zero-order valence-electron chi connectivity index (χ0n) is 22.6. The summed E-state index contributed by atoms with van der Waals surface area (Å²) in [6.07, 6.45) is 9.40. The van der Waals surface area contributed by atoms with Crippen LogP contribution in [0.2, 0.25) is 0 Å². The van der Waals surface area contributed by atoms with E-state index in [1.54, 1.807) is 48.5 Å². The van der Waals surface area contributed by atoms with Gasteiger partial charge in [-0.1, -0.05) is 165 Å². The van der Waals surface area contributed by atoms with Crippen molar-refractivity contribution >= 4 is 0 Å². The topological polar surface area (TPSA) is 40.5 Å². The summed E-state index contributed by atoms with van der Waals surface area (Å²) < 4.78 is 0. The Balaban J connectivity index is -0.0000000497. The standard InChI is InChI=1S/2C6H6O.2C5H12.C3H8.2C2H6.2CH4/c2*7-6-4-2-1-3-5-6;2*1-3-5-4-2;1-3-2;2*1-2;;/h2*1-5,7H;2*3-5H2,1-2H3;3H2,1-2H3;2*1-2H3;2*1H4. The molecule has 0 amide bonds. The third-order valence-electron chi connectivity index (χ3n) is 2.93. The number of benzene rings is 2. The zero-order valence-corrected chi connectivity index (χ0v) is 22.6. The van der Waals surface area contributed by atoms with Gasteiger partial charge in [0, 0.05) is 0 Å². The summed E-state index contributed by atoms with van der Waals surface area (Å²) in [5.41, 5.74) is 0. The van der Waals surface area contributed by atoms with Crippen LogP contribution in [0.5, 0.6) is 11.5 Å². The van der Waals surface area contributed by atoms with E-state index in [0.717, 1.165) is 0 Å². The third kappa shape index (κ3) is 72.6. The number of aromatic hydroxyl groups is 2. The van der Waals surface area contributed by atoms with E-state index in [4.69, 9.17) is 10.2 Å². The molecule has 0 bridgehead atoms. The van der Waals surface area contributed by atoms with Crippen molar-refractivity contribution in [1.29, 1.82) is 0 Å². The molecule has 0 saturated carbocycles. The number of phenols is 2. The fraction of sp³-hybridized carbons (Fsp3) is 0.613. The van der Waals surface area contributed by atoms with E-state index >= 15 is 0 Å². The molecule has 0 heterocycles. The van der Waals surface area contributed by atoms with Gasteiger partial charge in [0.1, 0.15) is 11.5 Å². The summed E-state index contributed by atoms with van der Waals surface area (Å²) in [7, 11) is 0. The first-order valence-electron chi connectivity index (χ1n) is 12.5. The molecule has 2 nitrogen and oxygen atoms in total. The van der Waals surface area contributed by atoms with E-state index in [1.165, 1.54) is 44.9 Å². The molecule has 0 aliphatic rings. The maximum absolute atomic E-state index is 8.63. The molecule has 2 aromatic rings. The number of rotatable bonds is 4. The van der Waals surface area contributed by atoms with Crippen LogP contribution in [0.1, 0.15) is 129 Å². The minimum atomic E-state index is 0. The smallest absolute Gasteiger partial charge is 0.115 e. The summed E-state index contributed by atoms with van der Waals surface area (Å²) in [4.78, 5) is 0. The van der Waals surface area contributed by atoms with E-state index in [9.17, 15) is 0 Å². The minimum Gasteiger partial charge on any atom is -0.508 e. The van der Waals surface area contributed by atoms with Crippen molar-refractivity contribution in [3.05, 3.63) is 60.7 Å². The highest BCUT2D eigenvalue weighted by atomic mass is 16.3. The van der Waals surface area contributed by atoms with E-state index in [1.807, 2.05) is 39.8 Å². The van der Waals surface area contributed by atoms with Gasteiger partial charge in [-0.2, -0.15) is 0 Å². The fourth-order valence-corrected chi connectivity index (χ4v) is 1.56. The SMILES string of the molecule is C.C.CC.CC.CCC.CCCCC.CCCCC.Oc1ccccc1.Oc1ccccc1. The van der Waals surface area contributed by atoms with Gasteiger partial charge < -0.3 is 10.2 Å². The quantitative estimate of drug-likeness (QED) is 0.468. The Labute approximate surface area is 211 Å². The lowest BCUT2D eigenvalue weighted by molar-refractivity contribution is 0.475. The molecule has 0 fully saturated rings. The largest absolute Gasteiger partial charge is 0.508 e. The van der Waals surface area contributed by atoms with Crippen molar-refractivity contribution < 1.29 is 10.2 Å². The number of hydrogen-bond donors (Lipinski definition) is 2. The molecule has 2 N–H and O–H groups in total. The van der Waals surface area contributed by atoms with Gasteiger partial charge in [0.05, 0.1) is 0 Å². The molecule has 0 aliphatic heterocycles. The average molecular weight is 469 g/mol. The molecule has 2 rings (SSSR count). The number of hydrogen-bond acceptors (Lipinski definition) is 2. The number of para-hydroxylation sites is 2. The van der Waals surface area contributed by atoms with Gasteiger partial charge in [-0.15, -0.1) is 0 Å². The number of unbranched alkanes of at least 4 members (excludes halogenated alkanes) is 4. The molecule has 0 spiro atoms. The van der Waals surface area contributed by atoms with Crippen LogP contribution < -0.4 is 0 Å². The molecule has 0 unspecified atom stereocenters. The monoisotopic (exact) mass is 468 g/mol. The predicted octanol–water partition coefficient (Wildman–Crippen LogP) is 11.9. The Morgan fingerprint density at radius 1 is 0.455 bits per heavy atom. The van der Waals surface area contributed by atoms with Crippen molar-refractivity contribution in [3.8, 4) is 11.5 Å². The summed E-state index contributed by atoms with van der Waals surface area (Å²) in [5.74, 6) is 0.644. The van der Waals surface area contributed by atoms with Crippen LogP contribution >= 0.6 is 0 Å². The molecular formula is C31H64O2. The van der Waals surface area contributed by atoms with Crippen LogP contribution in [0.15, 0.2) is 60.7 Å². The van der Waals surface area contributed by atoms with Gasteiger partial charge in [0.25, 0.3) is 0 Å². The van der Waals surface area contributed by atoms with Gasteiger partial charge in [-0.05, 0) is 24.3 Å². The Kier molecular flexibility index (Phi) is 84.1. The first kappa shape index (κ1) is 48.5. The van der Waals surface area contributed by atoms with Crippen LogP contribution in [-0.2, 0) is 0 Å². The highest BCUT2D eigenvalue weighted by Gasteiger charge is 1.75. The Morgan fingerprint density at radius 2 is 0.636 bits per heavy atom. The summed E-state index contributed by atoms with van der Waals surface area (Å²) in [6, 6.07) is 17.4. The Bertz CT molecular complexity index is 393. The van der Waals surface area contributed by atoms with Crippen molar-refractivity contribution in [2.75, 3.05) is 0 Å². The molecule has 33 heavy (non-hydrogen) atoms. The van der Waals surface area contributed by atoms with E-state index < -0.39 is 0 Å². The molecule has 0 saturated heterocycles. The Morgan fingerprint density at radius 3 is 0.697 bits per heavy atom. The number of phenolic OH excluding ortho intramolecular Hbond substituents is 2. The van der Waals surface area contributed by atoms with Gasteiger partial charge in [0.15, 0.2) is 0 Å². The third-order valence-corrected chi connectivity index (χ3v) is 2.93. The van der Waals surface area contributed by atoms with Crippen LogP contribution in [-0.4, -0.2) is 10.2 Å². The van der Waals surface area contributed by atoms with Crippen LogP contribution in [0.25, 0.3) is 0 Å². The van der Waals surface area contributed by atoms with Crippen LogP contribution in [0.4, 0.5) is 0 Å². The van der Waals surface area contributed by atoms with Gasteiger partial charge in [-0.3, -0.25) is 0 Å². The fourth-order valence-electron chi connectivity index (χ4n) is 1.56. The van der Waals surface area contributed by atoms with Gasteiger partial charge >= 0.3 is 0 Å². The second-order valence-electron chi connectivity index (χ2n) is 6.09. The summed E-state index contributed by atoms with van der Waals surface area (Å²) in [6.45, 7) is 21.1. The maximum Gasteiger partial charge on any atom is 0.115 e. The second kappa shape index (κ2) is 57.2. The molecular weight excluding hydrogens is 404 g/mol. The summed E-state index contributed by atoms with van der Waals surface area (Å²) >= 11 is 0. The van der Waals surface area contributed by atoms with Gasteiger partial charge in [-0.25, -0.2) is 0 Å². The highest BCUT2D eigenvalue weighted by Crippen LogP contribution is 2.03. The first-order valence-corrected chi connectivity index (χ1v) is 12.5. The van der Waals surface area contributed by atoms with E-state index in [0.29, 0.717) is 11.5 Å². The van der Waals surface area contributed by atoms with E-state index in [2.05, 4.69) is 41.5 Å². The normalized spacial score (nSPS) is 7.09. The lowest BCUT2D eigenvalue weighted by Crippen LogP contribution is -1.59. The molecule has 0 radical (unpaired) electrons. The van der Waals surface area contributed by atoms with Crippen LogP contribution in [0.3, 0.4) is 0 Å². The van der Waals surface area contributed by atoms with E-state index in [-0.39, 0.29) is 14.9 Å². The average Bonchev–Trinajstić information content (AvgIpc) is 2.81.